The third-order valence-electron chi connectivity index (χ3n) is 4.19. The number of carbonyl (C=O) groups is 1. The van der Waals surface area contributed by atoms with Gasteiger partial charge in [-0.25, -0.2) is 35.1 Å². The molecule has 14 heteroatoms. The van der Waals surface area contributed by atoms with E-state index in [1.54, 1.807) is 0 Å². The molecule has 0 saturated carbocycles. The van der Waals surface area contributed by atoms with Gasteiger partial charge in [0.1, 0.15) is 11.9 Å². The van der Waals surface area contributed by atoms with Crippen LogP contribution < -0.4 is 19.1 Å². The molecule has 1 amide bonds. The van der Waals surface area contributed by atoms with Crippen LogP contribution in [0.4, 0.5) is 25.0 Å². The molecule has 10 nitrogen and oxygen atoms in total. The summed E-state index contributed by atoms with van der Waals surface area (Å²) in [6.07, 6.45) is -1.42. The summed E-state index contributed by atoms with van der Waals surface area (Å²) >= 11 is 0. The van der Waals surface area contributed by atoms with Crippen LogP contribution in [0.25, 0.3) is 0 Å². The zero-order chi connectivity index (χ0) is 23.0. The van der Waals surface area contributed by atoms with Crippen LogP contribution in [0.3, 0.4) is 0 Å². The fourth-order valence-corrected chi connectivity index (χ4v) is 4.86. The van der Waals surface area contributed by atoms with Gasteiger partial charge in [0, 0.05) is 12.2 Å². The van der Waals surface area contributed by atoms with E-state index in [1.807, 2.05) is 0 Å². The average Bonchev–Trinajstić information content (AvgIpc) is 2.66. The summed E-state index contributed by atoms with van der Waals surface area (Å²) in [6, 6.07) is 5.88. The van der Waals surface area contributed by atoms with E-state index in [2.05, 4.69) is 10.0 Å². The second-order valence-electron chi connectivity index (χ2n) is 6.59. The monoisotopic (exact) mass is 477 g/mol. The summed E-state index contributed by atoms with van der Waals surface area (Å²) in [5.41, 5.74) is -0.0281. The lowest BCUT2D eigenvalue weighted by Crippen LogP contribution is -2.48. The highest BCUT2D eigenvalue weighted by Crippen LogP contribution is 2.39. The maximum Gasteiger partial charge on any atom is 0.409 e. The van der Waals surface area contributed by atoms with Crippen molar-refractivity contribution >= 4 is 37.5 Å². The van der Waals surface area contributed by atoms with Gasteiger partial charge in [0.05, 0.1) is 23.4 Å². The second kappa shape index (κ2) is 8.28. The predicted molar refractivity (Wildman–Crippen MR) is 106 cm³/mol. The molecule has 0 fully saturated rings. The molecular weight excluding hydrogens is 460 g/mol. The normalized spacial score (nSPS) is 16.4. The lowest BCUT2D eigenvalue weighted by Gasteiger charge is -2.35. The minimum Gasteiger partial charge on any atom is -0.485 e. The van der Waals surface area contributed by atoms with Crippen molar-refractivity contribution in [2.75, 3.05) is 29.0 Å². The van der Waals surface area contributed by atoms with Gasteiger partial charge in [-0.05, 0) is 36.4 Å². The van der Waals surface area contributed by atoms with E-state index in [-0.39, 0.29) is 30.2 Å². The second-order valence-corrected chi connectivity index (χ2v) is 10.3. The van der Waals surface area contributed by atoms with Crippen molar-refractivity contribution in [2.45, 2.75) is 11.0 Å². The topological polar surface area (TPSA) is 142 Å². The van der Waals surface area contributed by atoms with Crippen molar-refractivity contribution in [3.05, 3.63) is 48.0 Å². The highest BCUT2D eigenvalue weighted by molar-refractivity contribution is 7.92. The molecule has 31 heavy (non-hydrogen) atoms. The minimum atomic E-state index is -4.45. The largest absolute Gasteiger partial charge is 0.485 e. The quantitative estimate of drug-likeness (QED) is 0.573. The molecule has 0 radical (unpaired) electrons. The summed E-state index contributed by atoms with van der Waals surface area (Å²) in [5.74, 6) is -2.58. The zero-order valence-electron chi connectivity index (χ0n) is 15.9. The summed E-state index contributed by atoms with van der Waals surface area (Å²) in [5, 5.41) is 11.0. The zero-order valence-corrected chi connectivity index (χ0v) is 17.5. The number of nitrogens with one attached hydrogen (secondary N) is 2. The Morgan fingerprint density at radius 1 is 1.16 bits per heavy atom. The van der Waals surface area contributed by atoms with Gasteiger partial charge in [0.25, 0.3) is 10.0 Å². The summed E-state index contributed by atoms with van der Waals surface area (Å²) in [4.78, 5) is 10.4. The predicted octanol–water partition coefficient (Wildman–Crippen LogP) is 1.56. The van der Waals surface area contributed by atoms with Crippen LogP contribution in [-0.2, 0) is 20.0 Å². The van der Waals surface area contributed by atoms with Crippen LogP contribution in [0, 0.1) is 11.6 Å². The Balaban J connectivity index is 2.06. The molecule has 1 heterocycles. The summed E-state index contributed by atoms with van der Waals surface area (Å²) in [6.45, 7) is -0.648. The van der Waals surface area contributed by atoms with Crippen molar-refractivity contribution in [1.82, 2.24) is 4.72 Å². The number of hydrogen-bond donors (Lipinski definition) is 3. The number of hydrogen-bond acceptors (Lipinski definition) is 6. The number of rotatable bonds is 6. The standard InChI is InChI=1S/C17H17F2N3O7S2/c1-30(25,26)20-8-11-9-22(31(27,28)12-3-4-13(18)14(19)7-12)15-6-10(21-17(23)24)2-5-16(15)29-11/h2-7,11,20-21H,8-9H2,1H3,(H,23,24). The first-order chi connectivity index (χ1) is 14.4. The average molecular weight is 477 g/mol. The number of amides is 1. The molecule has 0 bridgehead atoms. The molecule has 0 aromatic heterocycles. The van der Waals surface area contributed by atoms with Gasteiger partial charge in [-0.1, -0.05) is 0 Å². The maximum absolute atomic E-state index is 13.7. The fourth-order valence-electron chi connectivity index (χ4n) is 2.86. The first-order valence-corrected chi connectivity index (χ1v) is 11.9. The number of fused-ring (bicyclic) bond motifs is 1. The molecule has 0 aliphatic carbocycles. The highest BCUT2D eigenvalue weighted by atomic mass is 32.2. The molecule has 1 aliphatic heterocycles. The van der Waals surface area contributed by atoms with E-state index >= 15 is 0 Å². The Bertz CT molecular complexity index is 1240. The van der Waals surface area contributed by atoms with Crippen LogP contribution in [0.2, 0.25) is 0 Å². The van der Waals surface area contributed by atoms with Crippen molar-refractivity contribution in [1.29, 1.82) is 0 Å². The molecule has 2 aromatic carbocycles. The Morgan fingerprint density at radius 2 is 1.87 bits per heavy atom. The van der Waals surface area contributed by atoms with Crippen molar-refractivity contribution in [3.8, 4) is 5.75 Å². The van der Waals surface area contributed by atoms with Crippen LogP contribution >= 0.6 is 0 Å². The molecule has 1 unspecified atom stereocenters. The number of ether oxygens (including phenoxy) is 1. The van der Waals surface area contributed by atoms with Crippen LogP contribution in [0.1, 0.15) is 0 Å². The number of benzene rings is 2. The molecule has 0 saturated heterocycles. The maximum atomic E-state index is 13.7. The number of anilines is 2. The van der Waals surface area contributed by atoms with Gasteiger partial charge in [0.15, 0.2) is 11.6 Å². The fraction of sp³-hybridized carbons (Fsp3) is 0.235. The number of carboxylic acid groups (broad SMARTS) is 1. The molecule has 168 valence electrons. The van der Waals surface area contributed by atoms with Crippen molar-refractivity contribution in [2.24, 2.45) is 0 Å². The lowest BCUT2D eigenvalue weighted by molar-refractivity contribution is 0.203. The third kappa shape index (κ3) is 5.21. The van der Waals surface area contributed by atoms with Gasteiger partial charge in [-0.2, -0.15) is 0 Å². The summed E-state index contributed by atoms with van der Waals surface area (Å²) in [7, 11) is -8.05. The first-order valence-electron chi connectivity index (χ1n) is 8.60. The van der Waals surface area contributed by atoms with Crippen LogP contribution in [0.15, 0.2) is 41.3 Å². The van der Waals surface area contributed by atoms with Crippen molar-refractivity contribution < 1.29 is 40.3 Å². The number of halogens is 2. The molecule has 1 aliphatic rings. The van der Waals surface area contributed by atoms with Gasteiger partial charge < -0.3 is 9.84 Å². The Morgan fingerprint density at radius 3 is 2.48 bits per heavy atom. The molecule has 0 spiro atoms. The lowest BCUT2D eigenvalue weighted by atomic mass is 10.2. The minimum absolute atomic E-state index is 0.0219. The SMILES string of the molecule is CS(=O)(=O)NCC1CN(S(=O)(=O)c2ccc(F)c(F)c2)c2cc(NC(=O)O)ccc2O1. The Hall–Kier alpha value is -2.97. The van der Waals surface area contributed by atoms with E-state index in [0.29, 0.717) is 12.1 Å². The van der Waals surface area contributed by atoms with Gasteiger partial charge in [-0.3, -0.25) is 9.62 Å². The van der Waals surface area contributed by atoms with E-state index in [4.69, 9.17) is 9.84 Å². The highest BCUT2D eigenvalue weighted by Gasteiger charge is 2.35. The number of sulfonamides is 2. The van der Waals surface area contributed by atoms with Crippen LogP contribution in [-0.4, -0.2) is 53.5 Å². The van der Waals surface area contributed by atoms with Crippen molar-refractivity contribution in [3.63, 3.8) is 0 Å². The Labute approximate surface area is 176 Å². The smallest absolute Gasteiger partial charge is 0.409 e. The van der Waals surface area contributed by atoms with Gasteiger partial charge >= 0.3 is 6.09 Å². The number of nitrogens with zero attached hydrogens (tertiary/aromatic N) is 1. The van der Waals surface area contributed by atoms with E-state index < -0.39 is 48.8 Å². The van der Waals surface area contributed by atoms with Gasteiger partial charge in [0.2, 0.25) is 10.0 Å². The van der Waals surface area contributed by atoms with E-state index in [0.717, 1.165) is 16.6 Å². The third-order valence-corrected chi connectivity index (χ3v) is 6.66. The van der Waals surface area contributed by atoms with E-state index in [1.165, 1.54) is 18.2 Å². The molecule has 3 N–H and O–H groups in total. The Kier molecular flexibility index (Phi) is 6.07. The first kappa shape index (κ1) is 22.7. The summed E-state index contributed by atoms with van der Waals surface area (Å²) < 4.78 is 84.8. The molecular formula is C17H17F2N3O7S2. The van der Waals surface area contributed by atoms with E-state index in [9.17, 15) is 30.4 Å². The molecule has 2 aromatic rings. The molecule has 1 atom stereocenters. The van der Waals surface area contributed by atoms with Crippen LogP contribution in [0.5, 0.6) is 5.75 Å². The molecule has 3 rings (SSSR count). The van der Waals surface area contributed by atoms with Gasteiger partial charge in [-0.15, -0.1) is 0 Å².